The number of hydrogen-bond donors (Lipinski definition) is 1. The normalized spacial score (nSPS) is 12.1. The number of esters is 1. The highest BCUT2D eigenvalue weighted by Crippen LogP contribution is 2.12. The van der Waals surface area contributed by atoms with E-state index in [1.807, 2.05) is 13.8 Å². The zero-order valence-electron chi connectivity index (χ0n) is 12.2. The predicted molar refractivity (Wildman–Crippen MR) is 73.2 cm³/mol. The summed E-state index contributed by atoms with van der Waals surface area (Å²) in [5.74, 6) is -0.760. The second kappa shape index (κ2) is 6.83. The van der Waals surface area contributed by atoms with E-state index in [-0.39, 0.29) is 24.2 Å². The van der Waals surface area contributed by atoms with Crippen molar-refractivity contribution in [2.45, 2.75) is 39.8 Å². The first-order chi connectivity index (χ1) is 9.38. The van der Waals surface area contributed by atoms with Gasteiger partial charge in [0.2, 0.25) is 5.91 Å². The minimum atomic E-state index is -0.579. The van der Waals surface area contributed by atoms with E-state index < -0.39 is 12.0 Å². The molecule has 110 valence electrons. The number of amides is 1. The Kier molecular flexibility index (Phi) is 5.42. The third kappa shape index (κ3) is 3.66. The first-order valence-electron chi connectivity index (χ1n) is 6.38. The molecule has 20 heavy (non-hydrogen) atoms. The first kappa shape index (κ1) is 15.9. The topological polar surface area (TPSA) is 86.1 Å². The maximum absolute atomic E-state index is 11.9. The van der Waals surface area contributed by atoms with Gasteiger partial charge in [-0.05, 0) is 27.7 Å². The van der Waals surface area contributed by atoms with Crippen molar-refractivity contribution in [1.82, 2.24) is 20.3 Å². The highest BCUT2D eigenvalue weighted by molar-refractivity contribution is 5.88. The molecule has 7 heteroatoms. The lowest BCUT2D eigenvalue weighted by Crippen LogP contribution is -2.36. The Morgan fingerprint density at radius 1 is 1.45 bits per heavy atom. The zero-order valence-corrected chi connectivity index (χ0v) is 12.2. The van der Waals surface area contributed by atoms with Crippen LogP contribution in [0, 0.1) is 6.92 Å². The van der Waals surface area contributed by atoms with Crippen LogP contribution in [0.25, 0.3) is 0 Å². The van der Waals surface area contributed by atoms with Gasteiger partial charge in [-0.1, -0.05) is 17.9 Å². The van der Waals surface area contributed by atoms with Gasteiger partial charge in [-0.2, -0.15) is 0 Å². The van der Waals surface area contributed by atoms with Crippen LogP contribution in [0.15, 0.2) is 12.7 Å². The number of nitrogens with zero attached hydrogens (tertiary/aromatic N) is 3. The quantitative estimate of drug-likeness (QED) is 0.621. The van der Waals surface area contributed by atoms with Crippen molar-refractivity contribution >= 4 is 11.9 Å². The van der Waals surface area contributed by atoms with E-state index in [1.165, 1.54) is 10.8 Å². The number of hydrogen-bond acceptors (Lipinski definition) is 5. The highest BCUT2D eigenvalue weighted by atomic mass is 16.5. The smallest absolute Gasteiger partial charge is 0.361 e. The standard InChI is InChI=1S/C13H20N4O3/c1-6-7-20-13(19)11-9(4)17(16-15-11)10(5)12(18)14-8(2)3/h6,8,10H,1,7H2,2-5H3,(H,14,18). The molecule has 0 aliphatic carbocycles. The summed E-state index contributed by atoms with van der Waals surface area (Å²) in [6.07, 6.45) is 1.47. The van der Waals surface area contributed by atoms with E-state index in [0.717, 1.165) is 0 Å². The second-order valence-electron chi connectivity index (χ2n) is 4.69. The molecule has 7 nitrogen and oxygen atoms in total. The van der Waals surface area contributed by atoms with E-state index in [9.17, 15) is 9.59 Å². The van der Waals surface area contributed by atoms with Gasteiger partial charge in [-0.25, -0.2) is 9.48 Å². The van der Waals surface area contributed by atoms with Gasteiger partial charge in [0.1, 0.15) is 12.6 Å². The molecular weight excluding hydrogens is 260 g/mol. The number of ether oxygens (including phenoxy) is 1. The van der Waals surface area contributed by atoms with Crippen molar-refractivity contribution in [1.29, 1.82) is 0 Å². The van der Waals surface area contributed by atoms with Crippen LogP contribution in [0.4, 0.5) is 0 Å². The largest absolute Gasteiger partial charge is 0.457 e. The van der Waals surface area contributed by atoms with Crippen molar-refractivity contribution < 1.29 is 14.3 Å². The van der Waals surface area contributed by atoms with Gasteiger partial charge >= 0.3 is 5.97 Å². The second-order valence-corrected chi connectivity index (χ2v) is 4.69. The van der Waals surface area contributed by atoms with Gasteiger partial charge in [-0.3, -0.25) is 4.79 Å². The molecule has 1 N–H and O–H groups in total. The van der Waals surface area contributed by atoms with Crippen LogP contribution >= 0.6 is 0 Å². The summed E-state index contributed by atoms with van der Waals surface area (Å²) in [7, 11) is 0. The molecule has 0 radical (unpaired) electrons. The molecule has 0 bridgehead atoms. The van der Waals surface area contributed by atoms with Crippen LogP contribution in [0.2, 0.25) is 0 Å². The van der Waals surface area contributed by atoms with E-state index in [1.54, 1.807) is 13.8 Å². The number of aromatic nitrogens is 3. The summed E-state index contributed by atoms with van der Waals surface area (Å²) >= 11 is 0. The fraction of sp³-hybridized carbons (Fsp3) is 0.538. The van der Waals surface area contributed by atoms with E-state index in [2.05, 4.69) is 22.2 Å². The Hall–Kier alpha value is -2.18. The zero-order chi connectivity index (χ0) is 15.3. The SMILES string of the molecule is C=CCOC(=O)c1nnn(C(C)C(=O)NC(C)C)c1C. The van der Waals surface area contributed by atoms with Gasteiger partial charge in [-0.15, -0.1) is 5.10 Å². The van der Waals surface area contributed by atoms with Gasteiger partial charge in [0.05, 0.1) is 5.69 Å². The molecule has 0 aromatic carbocycles. The summed E-state index contributed by atoms with van der Waals surface area (Å²) in [4.78, 5) is 23.6. The van der Waals surface area contributed by atoms with Gasteiger partial charge < -0.3 is 10.1 Å². The molecule has 1 heterocycles. The van der Waals surface area contributed by atoms with Crippen molar-refractivity contribution in [3.63, 3.8) is 0 Å². The lowest BCUT2D eigenvalue weighted by molar-refractivity contribution is -0.124. The minimum Gasteiger partial charge on any atom is -0.457 e. The van der Waals surface area contributed by atoms with Crippen LogP contribution in [0.5, 0.6) is 0 Å². The van der Waals surface area contributed by atoms with Crippen LogP contribution in [-0.2, 0) is 9.53 Å². The van der Waals surface area contributed by atoms with Crippen molar-refractivity contribution in [2.75, 3.05) is 6.61 Å². The molecule has 1 aromatic rings. The van der Waals surface area contributed by atoms with Gasteiger partial charge in [0, 0.05) is 6.04 Å². The van der Waals surface area contributed by atoms with E-state index in [4.69, 9.17) is 4.74 Å². The average Bonchev–Trinajstić information content (AvgIpc) is 2.76. The average molecular weight is 280 g/mol. The molecule has 0 spiro atoms. The monoisotopic (exact) mass is 280 g/mol. The third-order valence-electron chi connectivity index (χ3n) is 2.63. The summed E-state index contributed by atoms with van der Waals surface area (Å²) in [6, 6.07) is -0.517. The Bertz CT molecular complexity index is 508. The third-order valence-corrected chi connectivity index (χ3v) is 2.63. The summed E-state index contributed by atoms with van der Waals surface area (Å²) in [6.45, 7) is 10.7. The number of carbonyl (C=O) groups is 2. The lowest BCUT2D eigenvalue weighted by atomic mass is 10.2. The first-order valence-corrected chi connectivity index (χ1v) is 6.38. The van der Waals surface area contributed by atoms with Crippen LogP contribution in [0.1, 0.15) is 43.0 Å². The molecule has 1 amide bonds. The molecular formula is C13H20N4O3. The lowest BCUT2D eigenvalue weighted by Gasteiger charge is -2.15. The van der Waals surface area contributed by atoms with Crippen molar-refractivity contribution in [3.8, 4) is 0 Å². The molecule has 1 aromatic heterocycles. The van der Waals surface area contributed by atoms with Gasteiger partial charge in [0.15, 0.2) is 5.69 Å². The summed E-state index contributed by atoms with van der Waals surface area (Å²) in [5.41, 5.74) is 0.599. The maximum Gasteiger partial charge on any atom is 0.361 e. The number of rotatable bonds is 6. The van der Waals surface area contributed by atoms with Crippen LogP contribution in [-0.4, -0.2) is 39.5 Å². The Balaban J connectivity index is 2.88. The Morgan fingerprint density at radius 2 is 2.10 bits per heavy atom. The highest BCUT2D eigenvalue weighted by Gasteiger charge is 2.24. The van der Waals surface area contributed by atoms with Crippen LogP contribution < -0.4 is 5.32 Å². The van der Waals surface area contributed by atoms with Crippen LogP contribution in [0.3, 0.4) is 0 Å². The minimum absolute atomic E-state index is 0.0332. The van der Waals surface area contributed by atoms with Gasteiger partial charge in [0.25, 0.3) is 0 Å². The number of nitrogens with one attached hydrogen (secondary N) is 1. The molecule has 0 aliphatic rings. The molecule has 0 aliphatic heterocycles. The maximum atomic E-state index is 11.9. The Morgan fingerprint density at radius 3 is 2.65 bits per heavy atom. The van der Waals surface area contributed by atoms with Crippen molar-refractivity contribution in [3.05, 3.63) is 24.0 Å². The van der Waals surface area contributed by atoms with E-state index in [0.29, 0.717) is 5.69 Å². The molecule has 1 rings (SSSR count). The molecule has 0 saturated heterocycles. The summed E-state index contributed by atoms with van der Waals surface area (Å²) < 4.78 is 6.31. The number of carbonyl (C=O) groups excluding carboxylic acids is 2. The fourth-order valence-electron chi connectivity index (χ4n) is 1.62. The van der Waals surface area contributed by atoms with E-state index >= 15 is 0 Å². The fourth-order valence-corrected chi connectivity index (χ4v) is 1.62. The van der Waals surface area contributed by atoms with Crippen molar-refractivity contribution in [2.24, 2.45) is 0 Å². The Labute approximate surface area is 118 Å². The molecule has 0 saturated carbocycles. The molecule has 1 unspecified atom stereocenters. The predicted octanol–water partition coefficient (Wildman–Crippen LogP) is 1.01. The molecule has 1 atom stereocenters. The molecule has 0 fully saturated rings. The summed E-state index contributed by atoms with van der Waals surface area (Å²) in [5, 5.41) is 10.4.